The molecule has 6 nitrogen and oxygen atoms in total. The lowest BCUT2D eigenvalue weighted by Crippen LogP contribution is -2.09. The Hall–Kier alpha value is -2.73. The number of halogens is 1. The van der Waals surface area contributed by atoms with Gasteiger partial charge in [0.1, 0.15) is 5.52 Å². The number of nitrogens with zero attached hydrogens (tertiary/aromatic N) is 1. The zero-order valence-electron chi connectivity index (χ0n) is 14.6. The zero-order valence-corrected chi connectivity index (χ0v) is 15.4. The predicted octanol–water partition coefficient (Wildman–Crippen LogP) is 4.63. The topological polar surface area (TPSA) is 70.8 Å². The highest BCUT2D eigenvalue weighted by atomic mass is 35.5. The number of aromatic nitrogens is 1. The molecule has 0 aliphatic heterocycles. The number of carbonyl (C=O) groups is 1. The lowest BCUT2D eigenvalue weighted by Gasteiger charge is -2.16. The molecule has 0 spiro atoms. The van der Waals surface area contributed by atoms with Gasteiger partial charge < -0.3 is 18.6 Å². The molecule has 0 N–H and O–H groups in total. The van der Waals surface area contributed by atoms with Crippen molar-refractivity contribution in [3.63, 3.8) is 0 Å². The molecule has 7 heteroatoms. The van der Waals surface area contributed by atoms with E-state index in [-0.39, 0.29) is 23.3 Å². The molecule has 1 aromatic heterocycles. The summed E-state index contributed by atoms with van der Waals surface area (Å²) in [6, 6.07) is 10.3. The molecule has 0 atom stereocenters. The van der Waals surface area contributed by atoms with Crippen LogP contribution in [0, 0.1) is 0 Å². The van der Waals surface area contributed by atoms with Crippen molar-refractivity contribution in [2.45, 2.75) is 26.6 Å². The Morgan fingerprint density at radius 1 is 1.27 bits per heavy atom. The van der Waals surface area contributed by atoms with E-state index in [1.54, 1.807) is 6.07 Å². The van der Waals surface area contributed by atoms with Gasteiger partial charge in [0, 0.05) is 0 Å². The van der Waals surface area contributed by atoms with Crippen LogP contribution in [-0.4, -0.2) is 24.2 Å². The van der Waals surface area contributed by atoms with E-state index in [0.29, 0.717) is 28.5 Å². The van der Waals surface area contributed by atoms with Crippen molar-refractivity contribution in [2.24, 2.45) is 0 Å². The maximum Gasteiger partial charge on any atom is 0.338 e. The van der Waals surface area contributed by atoms with Crippen molar-refractivity contribution < 1.29 is 23.4 Å². The summed E-state index contributed by atoms with van der Waals surface area (Å²) < 4.78 is 21.7. The fourth-order valence-corrected chi connectivity index (χ4v) is 2.64. The van der Waals surface area contributed by atoms with E-state index in [0.717, 1.165) is 0 Å². The van der Waals surface area contributed by atoms with Crippen LogP contribution in [0.2, 0.25) is 5.02 Å². The van der Waals surface area contributed by atoms with Gasteiger partial charge in [0.05, 0.1) is 23.8 Å². The molecular weight excluding hydrogens is 358 g/mol. The number of hydrogen-bond acceptors (Lipinski definition) is 6. The Balaban J connectivity index is 1.75. The molecule has 0 bridgehead atoms. The van der Waals surface area contributed by atoms with Gasteiger partial charge in [-0.2, -0.15) is 0 Å². The first-order valence-electron chi connectivity index (χ1n) is 8.03. The van der Waals surface area contributed by atoms with Crippen LogP contribution in [0.3, 0.4) is 0 Å². The number of ether oxygens (including phenoxy) is 3. The Labute approximate surface area is 155 Å². The molecule has 0 saturated carbocycles. The number of hydrogen-bond donors (Lipinski definition) is 0. The number of methoxy groups -OCH3 is 1. The van der Waals surface area contributed by atoms with E-state index < -0.39 is 5.97 Å². The molecule has 26 heavy (non-hydrogen) atoms. The minimum Gasteiger partial charge on any atom is -0.493 e. The van der Waals surface area contributed by atoms with Gasteiger partial charge in [-0.1, -0.05) is 23.7 Å². The summed E-state index contributed by atoms with van der Waals surface area (Å²) in [6.45, 7) is 3.66. The molecule has 136 valence electrons. The normalized spacial score (nSPS) is 11.0. The summed E-state index contributed by atoms with van der Waals surface area (Å²) >= 11 is 6.23. The Kier molecular flexibility index (Phi) is 5.32. The van der Waals surface area contributed by atoms with Crippen LogP contribution in [-0.2, 0) is 11.3 Å². The van der Waals surface area contributed by atoms with Crippen LogP contribution in [0.25, 0.3) is 11.1 Å². The molecule has 3 aromatic rings. The van der Waals surface area contributed by atoms with Gasteiger partial charge in [0.15, 0.2) is 23.7 Å². The number of benzene rings is 2. The lowest BCUT2D eigenvalue weighted by molar-refractivity contribution is 0.0440. The molecular formula is C19H18ClNO5. The first-order chi connectivity index (χ1) is 12.5. The SMILES string of the molecule is COc1cc(C(=O)OCc2nc3ccccc3o2)cc(Cl)c1OC(C)C. The van der Waals surface area contributed by atoms with Gasteiger partial charge in [-0.3, -0.25) is 0 Å². The second kappa shape index (κ2) is 7.66. The molecule has 1 heterocycles. The van der Waals surface area contributed by atoms with Crippen LogP contribution in [0.15, 0.2) is 40.8 Å². The van der Waals surface area contributed by atoms with E-state index in [4.69, 9.17) is 30.2 Å². The molecule has 0 unspecified atom stereocenters. The quantitative estimate of drug-likeness (QED) is 0.585. The van der Waals surface area contributed by atoms with E-state index in [1.807, 2.05) is 32.0 Å². The Bertz CT molecular complexity index is 902. The van der Waals surface area contributed by atoms with Crippen molar-refractivity contribution in [3.05, 3.63) is 52.9 Å². The van der Waals surface area contributed by atoms with Gasteiger partial charge in [-0.05, 0) is 38.1 Å². The third kappa shape index (κ3) is 3.91. The Morgan fingerprint density at radius 2 is 2.04 bits per heavy atom. The maximum atomic E-state index is 12.3. The van der Waals surface area contributed by atoms with Gasteiger partial charge in [0.25, 0.3) is 0 Å². The molecule has 0 amide bonds. The zero-order chi connectivity index (χ0) is 18.7. The first-order valence-corrected chi connectivity index (χ1v) is 8.41. The predicted molar refractivity (Wildman–Crippen MR) is 96.9 cm³/mol. The van der Waals surface area contributed by atoms with Crippen molar-refractivity contribution in [2.75, 3.05) is 7.11 Å². The number of carbonyl (C=O) groups excluding carboxylic acids is 1. The highest BCUT2D eigenvalue weighted by Gasteiger charge is 2.18. The third-order valence-corrected chi connectivity index (χ3v) is 3.76. The summed E-state index contributed by atoms with van der Waals surface area (Å²) in [5, 5.41) is 0.270. The van der Waals surface area contributed by atoms with Gasteiger partial charge in [0.2, 0.25) is 5.89 Å². The molecule has 0 aliphatic carbocycles. The molecule has 2 aromatic carbocycles. The average Bonchev–Trinajstić information content (AvgIpc) is 3.03. The number of oxazole rings is 1. The minimum atomic E-state index is -0.566. The minimum absolute atomic E-state index is 0.0849. The smallest absolute Gasteiger partial charge is 0.338 e. The van der Waals surface area contributed by atoms with Crippen LogP contribution in [0.5, 0.6) is 11.5 Å². The number of rotatable bonds is 6. The second-order valence-corrected chi connectivity index (χ2v) is 6.21. The largest absolute Gasteiger partial charge is 0.493 e. The molecule has 0 fully saturated rings. The lowest BCUT2D eigenvalue weighted by atomic mass is 10.2. The molecule has 3 rings (SSSR count). The fraction of sp³-hybridized carbons (Fsp3) is 0.263. The summed E-state index contributed by atoms with van der Waals surface area (Å²) in [5.41, 5.74) is 1.59. The average molecular weight is 376 g/mol. The van der Waals surface area contributed by atoms with Crippen LogP contribution in [0.1, 0.15) is 30.1 Å². The molecule has 0 aliphatic rings. The standard InChI is InChI=1S/C19H18ClNO5/c1-11(2)25-18-13(20)8-12(9-16(18)23-3)19(22)24-10-17-21-14-6-4-5-7-15(14)26-17/h4-9,11H,10H2,1-3H3. The van der Waals surface area contributed by atoms with E-state index in [1.165, 1.54) is 19.2 Å². The number of fused-ring (bicyclic) bond motifs is 1. The van der Waals surface area contributed by atoms with Gasteiger partial charge in [-0.15, -0.1) is 0 Å². The van der Waals surface area contributed by atoms with Crippen LogP contribution < -0.4 is 9.47 Å². The van der Waals surface area contributed by atoms with Gasteiger partial charge >= 0.3 is 5.97 Å². The summed E-state index contributed by atoms with van der Waals surface area (Å²) in [5.74, 6) is 0.501. The van der Waals surface area contributed by atoms with E-state index in [9.17, 15) is 4.79 Å². The van der Waals surface area contributed by atoms with Gasteiger partial charge in [-0.25, -0.2) is 9.78 Å². The number of para-hydroxylation sites is 2. The molecule has 0 radical (unpaired) electrons. The highest BCUT2D eigenvalue weighted by molar-refractivity contribution is 6.32. The van der Waals surface area contributed by atoms with Crippen molar-refractivity contribution in [1.82, 2.24) is 4.98 Å². The molecule has 0 saturated heterocycles. The monoisotopic (exact) mass is 375 g/mol. The Morgan fingerprint density at radius 3 is 2.73 bits per heavy atom. The fourth-order valence-electron chi connectivity index (χ4n) is 2.38. The second-order valence-electron chi connectivity index (χ2n) is 5.81. The maximum absolute atomic E-state index is 12.3. The van der Waals surface area contributed by atoms with Crippen molar-refractivity contribution in [3.8, 4) is 11.5 Å². The van der Waals surface area contributed by atoms with E-state index >= 15 is 0 Å². The third-order valence-electron chi connectivity index (χ3n) is 3.48. The summed E-state index contributed by atoms with van der Waals surface area (Å²) in [7, 11) is 1.48. The first kappa shape index (κ1) is 18.1. The summed E-state index contributed by atoms with van der Waals surface area (Å²) in [4.78, 5) is 16.6. The van der Waals surface area contributed by atoms with Crippen LogP contribution >= 0.6 is 11.6 Å². The van der Waals surface area contributed by atoms with Crippen molar-refractivity contribution >= 4 is 28.7 Å². The highest BCUT2D eigenvalue weighted by Crippen LogP contribution is 2.37. The van der Waals surface area contributed by atoms with E-state index in [2.05, 4.69) is 4.98 Å². The summed E-state index contributed by atoms with van der Waals surface area (Å²) in [6.07, 6.45) is -0.0849. The number of esters is 1. The van der Waals surface area contributed by atoms with Crippen LogP contribution in [0.4, 0.5) is 0 Å². The van der Waals surface area contributed by atoms with Crippen molar-refractivity contribution in [1.29, 1.82) is 0 Å².